The van der Waals surface area contributed by atoms with E-state index in [2.05, 4.69) is 5.32 Å². The highest BCUT2D eigenvalue weighted by Crippen LogP contribution is 2.23. The van der Waals surface area contributed by atoms with Crippen molar-refractivity contribution in [1.29, 1.82) is 5.26 Å². The van der Waals surface area contributed by atoms with Crippen molar-refractivity contribution in [3.63, 3.8) is 0 Å². The Labute approximate surface area is 114 Å². The van der Waals surface area contributed by atoms with Gasteiger partial charge in [-0.25, -0.2) is 4.39 Å². The molecule has 2 rings (SSSR count). The Hall–Kier alpha value is -3.07. The van der Waals surface area contributed by atoms with Crippen molar-refractivity contribution in [3.8, 4) is 11.8 Å². The predicted molar refractivity (Wildman–Crippen MR) is 71.6 cm³/mol. The van der Waals surface area contributed by atoms with Crippen LogP contribution in [0, 0.1) is 17.1 Å². The molecule has 100 valence electrons. The van der Waals surface area contributed by atoms with Crippen molar-refractivity contribution < 1.29 is 14.3 Å². The summed E-state index contributed by atoms with van der Waals surface area (Å²) in [4.78, 5) is 11.9. The molecule has 2 aromatic rings. The van der Waals surface area contributed by atoms with Crippen LogP contribution < -0.4 is 11.1 Å². The van der Waals surface area contributed by atoms with Crippen LogP contribution in [0.1, 0.15) is 15.9 Å². The Morgan fingerprint density at radius 2 is 2.05 bits per heavy atom. The maximum absolute atomic E-state index is 13.1. The summed E-state index contributed by atoms with van der Waals surface area (Å²) in [6.07, 6.45) is 0. The van der Waals surface area contributed by atoms with Gasteiger partial charge in [0.1, 0.15) is 11.6 Å². The Bertz CT molecular complexity index is 723. The van der Waals surface area contributed by atoms with Crippen LogP contribution in [0.25, 0.3) is 0 Å². The molecule has 2 aromatic carbocycles. The maximum Gasteiger partial charge on any atom is 0.259 e. The SMILES string of the molecule is N#Cc1ccc(NC(=O)c2cc(F)ccc2O)c(N)c1. The standard InChI is InChI=1S/C14H10FN3O2/c15-9-2-4-13(19)10(6-9)14(20)18-12-3-1-8(7-16)5-11(12)17/h1-6,19H,17H2,(H,18,20). The second-order valence-electron chi connectivity index (χ2n) is 4.03. The molecule has 0 heterocycles. The first-order valence-electron chi connectivity index (χ1n) is 5.61. The lowest BCUT2D eigenvalue weighted by Crippen LogP contribution is -2.13. The quantitative estimate of drug-likeness (QED) is 0.729. The second kappa shape index (κ2) is 5.28. The van der Waals surface area contributed by atoms with E-state index in [-0.39, 0.29) is 22.7 Å². The lowest BCUT2D eigenvalue weighted by molar-refractivity contribution is 0.102. The molecule has 20 heavy (non-hydrogen) atoms. The molecule has 0 bridgehead atoms. The minimum atomic E-state index is -0.696. The van der Waals surface area contributed by atoms with Crippen LogP contribution in [0.5, 0.6) is 5.75 Å². The number of hydrogen-bond donors (Lipinski definition) is 3. The molecule has 0 aliphatic heterocycles. The zero-order valence-electron chi connectivity index (χ0n) is 10.2. The Kier molecular flexibility index (Phi) is 3.53. The summed E-state index contributed by atoms with van der Waals surface area (Å²) in [5.74, 6) is -1.67. The van der Waals surface area contributed by atoms with Crippen molar-refractivity contribution in [2.45, 2.75) is 0 Å². The van der Waals surface area contributed by atoms with E-state index in [1.165, 1.54) is 18.2 Å². The molecule has 4 N–H and O–H groups in total. The predicted octanol–water partition coefficient (Wildman–Crippen LogP) is 2.24. The molecule has 6 heteroatoms. The number of benzene rings is 2. The number of halogens is 1. The Balaban J connectivity index is 2.28. The molecule has 0 spiro atoms. The Morgan fingerprint density at radius 3 is 2.70 bits per heavy atom. The van der Waals surface area contributed by atoms with E-state index in [9.17, 15) is 14.3 Å². The van der Waals surface area contributed by atoms with Gasteiger partial charge in [0.05, 0.1) is 28.6 Å². The molecule has 0 fully saturated rings. The number of nitrogens with one attached hydrogen (secondary N) is 1. The largest absolute Gasteiger partial charge is 0.507 e. The number of nitrogens with two attached hydrogens (primary N) is 1. The molecule has 0 saturated carbocycles. The van der Waals surface area contributed by atoms with Crippen molar-refractivity contribution in [2.75, 3.05) is 11.1 Å². The molecule has 0 saturated heterocycles. The van der Waals surface area contributed by atoms with Crippen LogP contribution in [-0.4, -0.2) is 11.0 Å². The first-order chi connectivity index (χ1) is 9.51. The van der Waals surface area contributed by atoms with Crippen molar-refractivity contribution >= 4 is 17.3 Å². The molecule has 0 unspecified atom stereocenters. The number of nitriles is 1. The lowest BCUT2D eigenvalue weighted by atomic mass is 10.1. The third kappa shape index (κ3) is 2.67. The minimum Gasteiger partial charge on any atom is -0.507 e. The van der Waals surface area contributed by atoms with Crippen molar-refractivity contribution in [3.05, 3.63) is 53.3 Å². The lowest BCUT2D eigenvalue weighted by Gasteiger charge is -2.09. The molecule has 0 aliphatic carbocycles. The van der Waals surface area contributed by atoms with Crippen LogP contribution in [0.3, 0.4) is 0 Å². The van der Waals surface area contributed by atoms with Gasteiger partial charge in [0.25, 0.3) is 5.91 Å². The van der Waals surface area contributed by atoms with E-state index in [1.54, 1.807) is 0 Å². The molecule has 0 atom stereocenters. The number of amides is 1. The van der Waals surface area contributed by atoms with E-state index in [1.807, 2.05) is 6.07 Å². The number of nitrogens with zero attached hydrogens (tertiary/aromatic N) is 1. The molecular weight excluding hydrogens is 261 g/mol. The molecule has 0 aromatic heterocycles. The summed E-state index contributed by atoms with van der Waals surface area (Å²) in [6, 6.07) is 9.32. The number of carbonyl (C=O) groups excluding carboxylic acids is 1. The summed E-state index contributed by atoms with van der Waals surface area (Å²) in [7, 11) is 0. The molecular formula is C14H10FN3O2. The zero-order valence-corrected chi connectivity index (χ0v) is 10.2. The van der Waals surface area contributed by atoms with Crippen LogP contribution in [-0.2, 0) is 0 Å². The zero-order chi connectivity index (χ0) is 14.7. The average Bonchev–Trinajstić information content (AvgIpc) is 2.43. The number of hydrogen-bond acceptors (Lipinski definition) is 4. The van der Waals surface area contributed by atoms with Gasteiger partial charge in [-0.2, -0.15) is 5.26 Å². The fourth-order valence-electron chi connectivity index (χ4n) is 1.63. The first kappa shape index (κ1) is 13.4. The molecule has 0 aliphatic rings. The highest BCUT2D eigenvalue weighted by atomic mass is 19.1. The summed E-state index contributed by atoms with van der Waals surface area (Å²) >= 11 is 0. The van der Waals surface area contributed by atoms with E-state index in [4.69, 9.17) is 11.0 Å². The number of aromatic hydroxyl groups is 1. The van der Waals surface area contributed by atoms with Gasteiger partial charge in [-0.1, -0.05) is 0 Å². The smallest absolute Gasteiger partial charge is 0.259 e. The monoisotopic (exact) mass is 271 g/mol. The Morgan fingerprint density at radius 1 is 1.30 bits per heavy atom. The van der Waals surface area contributed by atoms with Gasteiger partial charge in [-0.3, -0.25) is 4.79 Å². The van der Waals surface area contributed by atoms with Gasteiger partial charge in [0, 0.05) is 0 Å². The fourth-order valence-corrected chi connectivity index (χ4v) is 1.63. The number of phenolic OH excluding ortho intramolecular Hbond substituents is 1. The van der Waals surface area contributed by atoms with Gasteiger partial charge in [0.15, 0.2) is 0 Å². The average molecular weight is 271 g/mol. The minimum absolute atomic E-state index is 0.200. The summed E-state index contributed by atoms with van der Waals surface area (Å²) in [5.41, 5.74) is 6.32. The number of anilines is 2. The highest BCUT2D eigenvalue weighted by Gasteiger charge is 2.13. The van der Waals surface area contributed by atoms with E-state index >= 15 is 0 Å². The van der Waals surface area contributed by atoms with Crippen molar-refractivity contribution in [2.24, 2.45) is 0 Å². The van der Waals surface area contributed by atoms with Gasteiger partial charge < -0.3 is 16.2 Å². The highest BCUT2D eigenvalue weighted by molar-refractivity contribution is 6.07. The second-order valence-corrected chi connectivity index (χ2v) is 4.03. The third-order valence-electron chi connectivity index (χ3n) is 2.63. The normalized spacial score (nSPS) is 9.80. The van der Waals surface area contributed by atoms with E-state index in [0.717, 1.165) is 18.2 Å². The van der Waals surface area contributed by atoms with Crippen LogP contribution in [0.4, 0.5) is 15.8 Å². The van der Waals surface area contributed by atoms with Crippen molar-refractivity contribution in [1.82, 2.24) is 0 Å². The number of rotatable bonds is 2. The molecule has 1 amide bonds. The molecule has 0 radical (unpaired) electrons. The third-order valence-corrected chi connectivity index (χ3v) is 2.63. The topological polar surface area (TPSA) is 99.1 Å². The number of carbonyl (C=O) groups is 1. The van der Waals surface area contributed by atoms with Crippen LogP contribution >= 0.6 is 0 Å². The van der Waals surface area contributed by atoms with Gasteiger partial charge in [0.2, 0.25) is 0 Å². The summed E-state index contributed by atoms with van der Waals surface area (Å²) in [6.45, 7) is 0. The first-order valence-corrected chi connectivity index (χ1v) is 5.61. The summed E-state index contributed by atoms with van der Waals surface area (Å²) < 4.78 is 13.1. The van der Waals surface area contributed by atoms with Gasteiger partial charge in [-0.15, -0.1) is 0 Å². The fraction of sp³-hybridized carbons (Fsp3) is 0. The van der Waals surface area contributed by atoms with Crippen LogP contribution in [0.15, 0.2) is 36.4 Å². The van der Waals surface area contributed by atoms with Gasteiger partial charge in [-0.05, 0) is 36.4 Å². The van der Waals surface area contributed by atoms with E-state index in [0.29, 0.717) is 5.56 Å². The summed E-state index contributed by atoms with van der Waals surface area (Å²) in [5, 5.41) is 20.7. The van der Waals surface area contributed by atoms with Crippen LogP contribution in [0.2, 0.25) is 0 Å². The number of phenols is 1. The van der Waals surface area contributed by atoms with E-state index < -0.39 is 11.7 Å². The van der Waals surface area contributed by atoms with Gasteiger partial charge >= 0.3 is 0 Å². The maximum atomic E-state index is 13.1. The number of nitrogen functional groups attached to an aromatic ring is 1. The molecule has 5 nitrogen and oxygen atoms in total.